The van der Waals surface area contributed by atoms with Gasteiger partial charge in [-0.15, -0.1) is 4.80 Å². The van der Waals surface area contributed by atoms with E-state index in [0.717, 1.165) is 15.9 Å². The number of hydrogen-bond donors (Lipinski definition) is 0. The van der Waals surface area contributed by atoms with Crippen LogP contribution in [0.2, 0.25) is 0 Å². The number of halogens is 1. The molecule has 0 aliphatic heterocycles. The summed E-state index contributed by atoms with van der Waals surface area (Å²) in [6.45, 7) is 0. The van der Waals surface area contributed by atoms with Gasteiger partial charge in [-0.3, -0.25) is 0 Å². The highest BCUT2D eigenvalue weighted by atomic mass is 35.7. The topological polar surface area (TPSA) is 43.6 Å². The van der Waals surface area contributed by atoms with Crippen LogP contribution >= 0.6 is 21.7 Å². The lowest BCUT2D eigenvalue weighted by molar-refractivity contribution is 0.727. The van der Waals surface area contributed by atoms with Crippen LogP contribution in [0.1, 0.15) is 0 Å². The molecular formula is C7H5ClN4S. The molecule has 2 rings (SSSR count). The SMILES string of the molecule is ClSc1ccc(-n2nccn2)nc1. The molecule has 2 heterocycles. The number of nitrogens with zero attached hydrogens (tertiary/aromatic N) is 4. The van der Waals surface area contributed by atoms with Crippen molar-refractivity contribution in [3.8, 4) is 5.82 Å². The minimum absolute atomic E-state index is 0.680. The Bertz CT molecular complexity index is 372. The fourth-order valence-electron chi connectivity index (χ4n) is 0.870. The lowest BCUT2D eigenvalue weighted by atomic mass is 10.5. The van der Waals surface area contributed by atoms with Gasteiger partial charge in [-0.05, 0) is 33.8 Å². The molecule has 2 aromatic rings. The molecule has 0 radical (unpaired) electrons. The molecule has 2 aromatic heterocycles. The van der Waals surface area contributed by atoms with Gasteiger partial charge in [0, 0.05) is 11.1 Å². The molecule has 0 saturated heterocycles. The van der Waals surface area contributed by atoms with E-state index in [9.17, 15) is 0 Å². The van der Waals surface area contributed by atoms with Crippen LogP contribution < -0.4 is 0 Å². The maximum atomic E-state index is 5.54. The molecule has 0 spiro atoms. The van der Waals surface area contributed by atoms with Crippen LogP contribution in [0.3, 0.4) is 0 Å². The van der Waals surface area contributed by atoms with Crippen LogP contribution in [0.5, 0.6) is 0 Å². The van der Waals surface area contributed by atoms with Crippen molar-refractivity contribution in [3.05, 3.63) is 30.7 Å². The molecule has 4 nitrogen and oxygen atoms in total. The minimum Gasteiger partial charge on any atom is -0.234 e. The summed E-state index contributed by atoms with van der Waals surface area (Å²) in [6, 6.07) is 3.67. The molecule has 0 fully saturated rings. The molecule has 66 valence electrons. The molecule has 0 aromatic carbocycles. The van der Waals surface area contributed by atoms with E-state index in [1.807, 2.05) is 12.1 Å². The quantitative estimate of drug-likeness (QED) is 0.763. The van der Waals surface area contributed by atoms with Gasteiger partial charge in [0.15, 0.2) is 5.82 Å². The fraction of sp³-hybridized carbons (Fsp3) is 0. The van der Waals surface area contributed by atoms with Crippen LogP contribution in [-0.4, -0.2) is 20.0 Å². The first-order valence-electron chi connectivity index (χ1n) is 3.51. The number of aromatic nitrogens is 4. The van der Waals surface area contributed by atoms with Crippen molar-refractivity contribution in [2.45, 2.75) is 4.90 Å². The summed E-state index contributed by atoms with van der Waals surface area (Å²) in [7, 11) is 6.68. The highest BCUT2D eigenvalue weighted by Gasteiger charge is 1.98. The third-order valence-electron chi connectivity index (χ3n) is 1.43. The molecule has 6 heteroatoms. The van der Waals surface area contributed by atoms with Crippen LogP contribution in [0.4, 0.5) is 0 Å². The van der Waals surface area contributed by atoms with Gasteiger partial charge in [0.2, 0.25) is 0 Å². The van der Waals surface area contributed by atoms with Gasteiger partial charge in [-0.25, -0.2) is 4.98 Å². The molecule has 0 aliphatic rings. The Morgan fingerprint density at radius 2 is 2.00 bits per heavy atom. The van der Waals surface area contributed by atoms with Crippen LogP contribution in [0, 0.1) is 0 Å². The van der Waals surface area contributed by atoms with Crippen molar-refractivity contribution < 1.29 is 0 Å². The Morgan fingerprint density at radius 1 is 1.23 bits per heavy atom. The maximum absolute atomic E-state index is 5.54. The first kappa shape index (κ1) is 8.52. The molecular weight excluding hydrogens is 208 g/mol. The summed E-state index contributed by atoms with van der Waals surface area (Å²) in [4.78, 5) is 6.47. The zero-order valence-electron chi connectivity index (χ0n) is 6.46. The molecule has 0 amide bonds. The number of hydrogen-bond acceptors (Lipinski definition) is 4. The lowest BCUT2D eigenvalue weighted by Gasteiger charge is -1.97. The van der Waals surface area contributed by atoms with E-state index in [4.69, 9.17) is 10.7 Å². The fourth-order valence-corrected chi connectivity index (χ4v) is 1.36. The lowest BCUT2D eigenvalue weighted by Crippen LogP contribution is -2.00. The Morgan fingerprint density at radius 3 is 2.54 bits per heavy atom. The maximum Gasteiger partial charge on any atom is 0.174 e. The second-order valence-electron chi connectivity index (χ2n) is 2.25. The summed E-state index contributed by atoms with van der Waals surface area (Å²) >= 11 is 0. The Kier molecular flexibility index (Phi) is 2.47. The van der Waals surface area contributed by atoms with Crippen molar-refractivity contribution in [1.29, 1.82) is 0 Å². The Hall–Kier alpha value is -1.07. The third-order valence-corrected chi connectivity index (χ3v) is 2.39. The molecule has 0 N–H and O–H groups in total. The molecule has 0 unspecified atom stereocenters. The third kappa shape index (κ3) is 1.81. The monoisotopic (exact) mass is 212 g/mol. The van der Waals surface area contributed by atoms with Crippen molar-refractivity contribution in [1.82, 2.24) is 20.0 Å². The zero-order chi connectivity index (χ0) is 9.10. The van der Waals surface area contributed by atoms with E-state index >= 15 is 0 Å². The predicted octanol–water partition coefficient (Wildman–Crippen LogP) is 1.91. The second kappa shape index (κ2) is 3.76. The summed E-state index contributed by atoms with van der Waals surface area (Å²) in [5.41, 5.74) is 0. The number of pyridine rings is 1. The van der Waals surface area contributed by atoms with E-state index in [1.54, 1.807) is 18.6 Å². The molecule has 13 heavy (non-hydrogen) atoms. The zero-order valence-corrected chi connectivity index (χ0v) is 8.03. The van der Waals surface area contributed by atoms with Gasteiger partial charge in [0.25, 0.3) is 0 Å². The van der Waals surface area contributed by atoms with Crippen LogP contribution in [0.15, 0.2) is 35.6 Å². The first-order valence-corrected chi connectivity index (χ1v) is 5.16. The molecule has 0 atom stereocenters. The van der Waals surface area contributed by atoms with Gasteiger partial charge in [0.05, 0.1) is 12.4 Å². The van der Waals surface area contributed by atoms with Gasteiger partial charge in [-0.2, -0.15) is 10.2 Å². The summed E-state index contributed by atoms with van der Waals surface area (Å²) in [6.07, 6.45) is 4.88. The van der Waals surface area contributed by atoms with Crippen molar-refractivity contribution in [2.75, 3.05) is 0 Å². The van der Waals surface area contributed by atoms with Crippen molar-refractivity contribution >= 4 is 21.7 Å². The largest absolute Gasteiger partial charge is 0.234 e. The van der Waals surface area contributed by atoms with Gasteiger partial charge < -0.3 is 0 Å². The van der Waals surface area contributed by atoms with Crippen molar-refractivity contribution in [2.24, 2.45) is 0 Å². The van der Waals surface area contributed by atoms with E-state index < -0.39 is 0 Å². The van der Waals surface area contributed by atoms with E-state index in [-0.39, 0.29) is 0 Å². The molecule has 0 aliphatic carbocycles. The molecule has 0 bridgehead atoms. The Labute approximate surface area is 83.4 Å². The average molecular weight is 213 g/mol. The predicted molar refractivity (Wildman–Crippen MR) is 50.9 cm³/mol. The standard InChI is InChI=1S/C7H5ClN4S/c8-13-6-1-2-7(9-5-6)12-10-3-4-11-12/h1-5H. The Balaban J connectivity index is 2.33. The van der Waals surface area contributed by atoms with E-state index in [2.05, 4.69) is 15.2 Å². The van der Waals surface area contributed by atoms with E-state index in [1.165, 1.54) is 4.80 Å². The number of rotatable bonds is 2. The van der Waals surface area contributed by atoms with Crippen LogP contribution in [0.25, 0.3) is 5.82 Å². The summed E-state index contributed by atoms with van der Waals surface area (Å²) in [5.74, 6) is 0.680. The summed E-state index contributed by atoms with van der Waals surface area (Å²) < 4.78 is 0. The van der Waals surface area contributed by atoms with E-state index in [0.29, 0.717) is 5.82 Å². The normalized spacial score (nSPS) is 10.2. The van der Waals surface area contributed by atoms with Crippen molar-refractivity contribution in [3.63, 3.8) is 0 Å². The molecule has 0 saturated carbocycles. The van der Waals surface area contributed by atoms with Gasteiger partial charge >= 0.3 is 0 Å². The van der Waals surface area contributed by atoms with Gasteiger partial charge in [0.1, 0.15) is 0 Å². The second-order valence-corrected chi connectivity index (χ2v) is 3.34. The first-order chi connectivity index (χ1) is 6.40. The van der Waals surface area contributed by atoms with Crippen LogP contribution in [-0.2, 0) is 0 Å². The average Bonchev–Trinajstić information content (AvgIpc) is 2.71. The highest BCUT2D eigenvalue weighted by Crippen LogP contribution is 2.20. The van der Waals surface area contributed by atoms with Gasteiger partial charge in [-0.1, -0.05) is 0 Å². The smallest absolute Gasteiger partial charge is 0.174 e. The minimum atomic E-state index is 0.680. The highest BCUT2D eigenvalue weighted by molar-refractivity contribution is 8.21. The summed E-state index contributed by atoms with van der Waals surface area (Å²) in [5, 5.41) is 7.89.